The molecule has 0 fully saturated rings. The predicted molar refractivity (Wildman–Crippen MR) is 37.9 cm³/mol. The van der Waals surface area contributed by atoms with Gasteiger partial charge in [-0.15, -0.1) is 0 Å². The summed E-state index contributed by atoms with van der Waals surface area (Å²) in [5.74, 6) is 0. The van der Waals surface area contributed by atoms with E-state index in [1.165, 1.54) is 0 Å². The second-order valence-corrected chi connectivity index (χ2v) is 2.58. The first-order chi connectivity index (χ1) is 5.20. The number of furan rings is 2. The summed E-state index contributed by atoms with van der Waals surface area (Å²) < 4.78 is 22.6. The minimum Gasteiger partial charge on any atom is -0.460 e. The van der Waals surface area contributed by atoms with Gasteiger partial charge in [0.1, 0.15) is 0 Å². The van der Waals surface area contributed by atoms with Crippen molar-refractivity contribution in [2.75, 3.05) is 0 Å². The van der Waals surface area contributed by atoms with Crippen LogP contribution in [0, 0.1) is 19.9 Å². The average Bonchev–Trinajstić information content (AvgIpc) is 2.43. The fourth-order valence-electron chi connectivity index (χ4n) is 1.07. The van der Waals surface area contributed by atoms with Crippen LogP contribution in [0.1, 0.15) is 11.1 Å². The van der Waals surface area contributed by atoms with Crippen LogP contribution in [0.3, 0.4) is 0 Å². The summed E-state index contributed by atoms with van der Waals surface area (Å²) in [5.41, 5.74) is 2.29. The minimum absolute atomic E-state index is 0.438. The van der Waals surface area contributed by atoms with Gasteiger partial charge in [-0.3, -0.25) is 0 Å². The zero-order valence-electron chi connectivity index (χ0n) is 6.27. The smallest absolute Gasteiger partial charge is 0.285 e. The molecule has 0 saturated heterocycles. The van der Waals surface area contributed by atoms with Gasteiger partial charge in [0.15, 0.2) is 11.2 Å². The van der Waals surface area contributed by atoms with Gasteiger partial charge in [0.2, 0.25) is 0 Å². The van der Waals surface area contributed by atoms with E-state index in [0.29, 0.717) is 16.7 Å². The Morgan fingerprint density at radius 2 is 2.00 bits per heavy atom. The van der Waals surface area contributed by atoms with Crippen molar-refractivity contribution < 1.29 is 13.2 Å². The van der Waals surface area contributed by atoms with E-state index in [0.717, 1.165) is 5.56 Å². The molecule has 0 aliphatic carbocycles. The Morgan fingerprint density at radius 3 is 2.64 bits per heavy atom. The van der Waals surface area contributed by atoms with Crippen LogP contribution in [-0.4, -0.2) is 0 Å². The van der Waals surface area contributed by atoms with Crippen molar-refractivity contribution in [3.63, 3.8) is 0 Å². The van der Waals surface area contributed by atoms with Gasteiger partial charge >= 0.3 is 0 Å². The molecule has 0 radical (unpaired) electrons. The van der Waals surface area contributed by atoms with Crippen molar-refractivity contribution >= 4 is 11.2 Å². The van der Waals surface area contributed by atoms with Gasteiger partial charge in [0.25, 0.3) is 6.01 Å². The van der Waals surface area contributed by atoms with E-state index < -0.39 is 6.01 Å². The molecular weight excluding hydrogens is 147 g/mol. The second-order valence-electron chi connectivity index (χ2n) is 2.58. The number of fused-ring (bicyclic) bond motifs is 1. The summed E-state index contributed by atoms with van der Waals surface area (Å²) in [6.45, 7) is 3.44. The Morgan fingerprint density at radius 1 is 1.27 bits per heavy atom. The first-order valence-corrected chi connectivity index (χ1v) is 3.33. The number of halogens is 1. The van der Waals surface area contributed by atoms with Crippen LogP contribution in [0.15, 0.2) is 15.1 Å². The van der Waals surface area contributed by atoms with Crippen molar-refractivity contribution in [1.29, 1.82) is 0 Å². The molecule has 2 nitrogen and oxygen atoms in total. The standard InChI is InChI=1S/C8H7FO2/c1-4-3-10-7-5(2)8(9)11-6(4)7/h3H,1-2H3. The van der Waals surface area contributed by atoms with Crippen LogP contribution >= 0.6 is 0 Å². The molecule has 11 heavy (non-hydrogen) atoms. The van der Waals surface area contributed by atoms with Gasteiger partial charge in [-0.2, -0.15) is 4.39 Å². The lowest BCUT2D eigenvalue weighted by molar-refractivity contribution is 0.375. The third-order valence-corrected chi connectivity index (χ3v) is 1.75. The first kappa shape index (κ1) is 6.46. The highest BCUT2D eigenvalue weighted by molar-refractivity contribution is 5.77. The molecule has 0 atom stereocenters. The van der Waals surface area contributed by atoms with Crippen molar-refractivity contribution in [3.8, 4) is 0 Å². The number of hydrogen-bond donors (Lipinski definition) is 0. The summed E-state index contributed by atoms with van der Waals surface area (Å²) >= 11 is 0. The summed E-state index contributed by atoms with van der Waals surface area (Å²) in [5, 5.41) is 0. The molecule has 0 aliphatic heterocycles. The highest BCUT2D eigenvalue weighted by Gasteiger charge is 2.14. The summed E-state index contributed by atoms with van der Waals surface area (Å²) in [6.07, 6.45) is 1.56. The van der Waals surface area contributed by atoms with E-state index in [4.69, 9.17) is 8.83 Å². The predicted octanol–water partition coefficient (Wildman–Crippen LogP) is 2.78. The SMILES string of the molecule is Cc1coc2c(C)c(F)oc12. The van der Waals surface area contributed by atoms with Gasteiger partial charge in [0, 0.05) is 5.56 Å². The van der Waals surface area contributed by atoms with Crippen LogP contribution in [0.4, 0.5) is 4.39 Å². The van der Waals surface area contributed by atoms with Gasteiger partial charge in [-0.1, -0.05) is 0 Å². The molecule has 0 unspecified atom stereocenters. The van der Waals surface area contributed by atoms with Gasteiger partial charge in [0.05, 0.1) is 11.8 Å². The van der Waals surface area contributed by atoms with Gasteiger partial charge < -0.3 is 8.83 Å². The van der Waals surface area contributed by atoms with E-state index >= 15 is 0 Å². The van der Waals surface area contributed by atoms with E-state index in [1.807, 2.05) is 6.92 Å². The molecule has 0 aliphatic rings. The first-order valence-electron chi connectivity index (χ1n) is 3.33. The maximum Gasteiger partial charge on any atom is 0.285 e. The Kier molecular flexibility index (Phi) is 1.10. The maximum absolute atomic E-state index is 12.7. The Labute approximate surface area is 62.6 Å². The topological polar surface area (TPSA) is 26.3 Å². The molecule has 0 N–H and O–H groups in total. The lowest BCUT2D eigenvalue weighted by Crippen LogP contribution is -1.68. The Balaban J connectivity index is 2.93. The quantitative estimate of drug-likeness (QED) is 0.583. The van der Waals surface area contributed by atoms with Crippen molar-refractivity contribution in [3.05, 3.63) is 23.4 Å². The molecule has 0 bridgehead atoms. The van der Waals surface area contributed by atoms with Gasteiger partial charge in [-0.05, 0) is 13.8 Å². The Hall–Kier alpha value is -1.25. The molecular formula is C8H7FO2. The van der Waals surface area contributed by atoms with Crippen LogP contribution in [-0.2, 0) is 0 Å². The summed E-state index contributed by atoms with van der Waals surface area (Å²) in [7, 11) is 0. The van der Waals surface area contributed by atoms with Crippen molar-refractivity contribution in [1.82, 2.24) is 0 Å². The summed E-state index contributed by atoms with van der Waals surface area (Å²) in [4.78, 5) is 0. The molecule has 0 aromatic carbocycles. The van der Waals surface area contributed by atoms with E-state index in [1.54, 1.807) is 13.2 Å². The van der Waals surface area contributed by atoms with E-state index in [-0.39, 0.29) is 0 Å². The van der Waals surface area contributed by atoms with E-state index in [9.17, 15) is 4.39 Å². The summed E-state index contributed by atoms with van der Waals surface area (Å²) in [6, 6.07) is -0.553. The normalized spacial score (nSPS) is 11.2. The minimum atomic E-state index is -0.553. The lowest BCUT2D eigenvalue weighted by Gasteiger charge is -1.79. The second kappa shape index (κ2) is 1.87. The number of rotatable bonds is 0. The van der Waals surface area contributed by atoms with Crippen LogP contribution in [0.2, 0.25) is 0 Å². The molecule has 2 heterocycles. The van der Waals surface area contributed by atoms with Crippen LogP contribution < -0.4 is 0 Å². The molecule has 2 aromatic heterocycles. The lowest BCUT2D eigenvalue weighted by atomic mass is 10.3. The Bertz CT molecular complexity index is 397. The molecule has 3 heteroatoms. The highest BCUT2D eigenvalue weighted by atomic mass is 19.1. The molecule has 58 valence electrons. The third kappa shape index (κ3) is 0.707. The van der Waals surface area contributed by atoms with Crippen LogP contribution in [0.5, 0.6) is 0 Å². The maximum atomic E-state index is 12.7. The number of hydrogen-bond acceptors (Lipinski definition) is 2. The zero-order valence-corrected chi connectivity index (χ0v) is 6.27. The fourth-order valence-corrected chi connectivity index (χ4v) is 1.07. The molecule has 0 spiro atoms. The molecule has 2 rings (SSSR count). The monoisotopic (exact) mass is 154 g/mol. The van der Waals surface area contributed by atoms with Crippen LogP contribution in [0.25, 0.3) is 11.2 Å². The molecule has 0 saturated carbocycles. The zero-order chi connectivity index (χ0) is 8.01. The third-order valence-electron chi connectivity index (χ3n) is 1.75. The molecule has 2 aromatic rings. The average molecular weight is 154 g/mol. The van der Waals surface area contributed by atoms with Crippen molar-refractivity contribution in [2.45, 2.75) is 13.8 Å². The molecule has 0 amide bonds. The fraction of sp³-hybridized carbons (Fsp3) is 0.250. The van der Waals surface area contributed by atoms with Gasteiger partial charge in [-0.25, -0.2) is 0 Å². The van der Waals surface area contributed by atoms with E-state index in [2.05, 4.69) is 0 Å². The highest BCUT2D eigenvalue weighted by Crippen LogP contribution is 2.27. The number of aryl methyl sites for hydroxylation is 2. The largest absolute Gasteiger partial charge is 0.460 e. The van der Waals surface area contributed by atoms with Crippen molar-refractivity contribution in [2.24, 2.45) is 0 Å².